The smallest absolute Gasteiger partial charge is 0.311 e. The van der Waals surface area contributed by atoms with Crippen LogP contribution in [0.4, 0.5) is 18.2 Å². The molecule has 172 valence electrons. The Hall–Kier alpha value is -3.23. The van der Waals surface area contributed by atoms with E-state index >= 15 is 0 Å². The van der Waals surface area contributed by atoms with Crippen LogP contribution in [0.3, 0.4) is 0 Å². The molecular formula is C23H15BrF3N5OS. The third-order valence-electron chi connectivity index (χ3n) is 5.62. The molecule has 0 bridgehead atoms. The molecular weight excluding hydrogens is 531 g/mol. The van der Waals surface area contributed by atoms with Crippen LogP contribution in [-0.4, -0.2) is 20.5 Å². The molecule has 1 aliphatic carbocycles. The third-order valence-corrected chi connectivity index (χ3v) is 7.56. The molecule has 1 N–H and O–H groups in total. The fourth-order valence-corrected chi connectivity index (χ4v) is 5.78. The molecule has 11 heteroatoms. The van der Waals surface area contributed by atoms with E-state index in [0.29, 0.717) is 20.6 Å². The number of carbonyl (C=O) groups excluding carboxylic acids is 1. The predicted molar refractivity (Wildman–Crippen MR) is 125 cm³/mol. The van der Waals surface area contributed by atoms with Crippen LogP contribution in [0, 0.1) is 11.3 Å². The van der Waals surface area contributed by atoms with Gasteiger partial charge in [0.25, 0.3) is 5.91 Å². The number of nitrogens with one attached hydrogen (secondary N) is 1. The normalized spacial score (nSPS) is 13.5. The number of carbonyl (C=O) groups is 1. The fraction of sp³-hybridized carbons (Fsp3) is 0.217. The Balaban J connectivity index is 1.60. The first-order valence-corrected chi connectivity index (χ1v) is 12.0. The number of alkyl halides is 3. The molecule has 0 saturated heterocycles. The van der Waals surface area contributed by atoms with Gasteiger partial charge in [0.05, 0.1) is 15.7 Å². The second-order valence-electron chi connectivity index (χ2n) is 7.77. The van der Waals surface area contributed by atoms with Gasteiger partial charge in [0.2, 0.25) is 0 Å². The van der Waals surface area contributed by atoms with Gasteiger partial charge in [-0.05, 0) is 53.2 Å². The first-order valence-electron chi connectivity index (χ1n) is 10.4. The van der Waals surface area contributed by atoms with Crippen molar-refractivity contribution in [3.8, 4) is 17.3 Å². The van der Waals surface area contributed by atoms with Crippen molar-refractivity contribution in [2.24, 2.45) is 0 Å². The Morgan fingerprint density at radius 3 is 2.65 bits per heavy atom. The molecule has 3 heterocycles. The van der Waals surface area contributed by atoms with E-state index in [9.17, 15) is 23.2 Å². The lowest BCUT2D eigenvalue weighted by molar-refractivity contribution is -0.142. The van der Waals surface area contributed by atoms with Gasteiger partial charge in [0.1, 0.15) is 11.1 Å². The topological polar surface area (TPSA) is 83.1 Å². The number of amides is 1. The number of benzene rings is 1. The number of aryl methyl sites for hydroxylation is 1. The third kappa shape index (κ3) is 3.86. The average Bonchev–Trinajstić information content (AvgIpc) is 3.35. The van der Waals surface area contributed by atoms with Crippen LogP contribution < -0.4 is 5.32 Å². The molecule has 1 amide bonds. The van der Waals surface area contributed by atoms with Crippen molar-refractivity contribution in [2.45, 2.75) is 31.9 Å². The Labute approximate surface area is 204 Å². The highest BCUT2D eigenvalue weighted by atomic mass is 79.9. The molecule has 1 aromatic carbocycles. The van der Waals surface area contributed by atoms with Crippen molar-refractivity contribution >= 4 is 43.8 Å². The maximum atomic E-state index is 13.9. The van der Waals surface area contributed by atoms with Gasteiger partial charge in [-0.15, -0.1) is 11.3 Å². The first-order chi connectivity index (χ1) is 16.3. The van der Waals surface area contributed by atoms with Crippen LogP contribution >= 0.6 is 27.3 Å². The summed E-state index contributed by atoms with van der Waals surface area (Å²) in [6.45, 7) is 0. The maximum absolute atomic E-state index is 13.9. The summed E-state index contributed by atoms with van der Waals surface area (Å²) in [5, 5.41) is 16.6. The van der Waals surface area contributed by atoms with Crippen LogP contribution in [-0.2, 0) is 19.0 Å². The van der Waals surface area contributed by atoms with E-state index in [1.54, 1.807) is 30.3 Å². The molecule has 0 saturated carbocycles. The van der Waals surface area contributed by atoms with Crippen molar-refractivity contribution < 1.29 is 18.0 Å². The minimum Gasteiger partial charge on any atom is -0.311 e. The largest absolute Gasteiger partial charge is 0.433 e. The quantitative estimate of drug-likeness (QED) is 0.330. The van der Waals surface area contributed by atoms with E-state index in [0.717, 1.165) is 42.2 Å². The Morgan fingerprint density at radius 2 is 1.94 bits per heavy atom. The van der Waals surface area contributed by atoms with Gasteiger partial charge in [-0.25, -0.2) is 9.50 Å². The van der Waals surface area contributed by atoms with E-state index in [4.69, 9.17) is 0 Å². The molecule has 1 aliphatic rings. The number of thiophene rings is 1. The molecule has 34 heavy (non-hydrogen) atoms. The van der Waals surface area contributed by atoms with E-state index < -0.39 is 17.8 Å². The average molecular weight is 546 g/mol. The van der Waals surface area contributed by atoms with Crippen molar-refractivity contribution in [3.05, 3.63) is 68.3 Å². The number of anilines is 1. The minimum atomic E-state index is -4.73. The molecule has 0 radical (unpaired) electrons. The molecule has 0 aliphatic heterocycles. The zero-order valence-electron chi connectivity index (χ0n) is 17.4. The Bertz CT molecular complexity index is 1470. The monoisotopic (exact) mass is 545 g/mol. The van der Waals surface area contributed by atoms with Gasteiger partial charge in [0.15, 0.2) is 17.0 Å². The van der Waals surface area contributed by atoms with Crippen LogP contribution in [0.5, 0.6) is 0 Å². The van der Waals surface area contributed by atoms with Crippen LogP contribution in [0.25, 0.3) is 16.9 Å². The van der Waals surface area contributed by atoms with Crippen LogP contribution in [0.1, 0.15) is 45.0 Å². The fourth-order valence-electron chi connectivity index (χ4n) is 4.03. The molecule has 0 unspecified atom stereocenters. The molecule has 5 rings (SSSR count). The molecule has 0 fully saturated rings. The lowest BCUT2D eigenvalue weighted by atomic mass is 9.96. The summed E-state index contributed by atoms with van der Waals surface area (Å²) in [7, 11) is 0. The molecule has 0 spiro atoms. The van der Waals surface area contributed by atoms with Gasteiger partial charge in [-0.2, -0.15) is 23.5 Å². The summed E-state index contributed by atoms with van der Waals surface area (Å²) in [5.41, 5.74) is 0.511. The number of fused-ring (bicyclic) bond motifs is 2. The zero-order valence-corrected chi connectivity index (χ0v) is 19.8. The second-order valence-corrected chi connectivity index (χ2v) is 9.67. The number of rotatable bonds is 3. The number of halogens is 4. The Morgan fingerprint density at radius 1 is 1.21 bits per heavy atom. The van der Waals surface area contributed by atoms with E-state index in [1.165, 1.54) is 11.3 Å². The van der Waals surface area contributed by atoms with Gasteiger partial charge < -0.3 is 5.32 Å². The molecule has 4 aromatic rings. The summed E-state index contributed by atoms with van der Waals surface area (Å²) in [6, 6.07) is 11.5. The zero-order chi connectivity index (χ0) is 24.0. The summed E-state index contributed by atoms with van der Waals surface area (Å²) >= 11 is 4.56. The minimum absolute atomic E-state index is 0.0353. The highest BCUT2D eigenvalue weighted by Gasteiger charge is 2.37. The summed E-state index contributed by atoms with van der Waals surface area (Å²) < 4.78 is 42.3. The van der Waals surface area contributed by atoms with Crippen LogP contribution in [0.15, 0.2) is 40.9 Å². The highest BCUT2D eigenvalue weighted by Crippen LogP contribution is 2.39. The van der Waals surface area contributed by atoms with Crippen molar-refractivity contribution in [1.29, 1.82) is 5.26 Å². The van der Waals surface area contributed by atoms with E-state index in [-0.39, 0.29) is 21.5 Å². The number of nitrogens with zero attached hydrogens (tertiary/aromatic N) is 4. The number of aromatic nitrogens is 3. The van der Waals surface area contributed by atoms with Gasteiger partial charge in [-0.1, -0.05) is 30.3 Å². The molecule has 3 aromatic heterocycles. The van der Waals surface area contributed by atoms with E-state index in [2.05, 4.69) is 37.4 Å². The second kappa shape index (κ2) is 8.52. The van der Waals surface area contributed by atoms with Crippen molar-refractivity contribution in [1.82, 2.24) is 14.6 Å². The number of nitriles is 1. The molecule has 6 nitrogen and oxygen atoms in total. The lowest BCUT2D eigenvalue weighted by Gasteiger charge is -2.11. The summed E-state index contributed by atoms with van der Waals surface area (Å²) in [4.78, 5) is 18.5. The summed E-state index contributed by atoms with van der Waals surface area (Å²) in [6.07, 6.45) is -1.14. The van der Waals surface area contributed by atoms with E-state index in [1.807, 2.05) is 0 Å². The molecule has 0 atom stereocenters. The summed E-state index contributed by atoms with van der Waals surface area (Å²) in [5.74, 6) is -0.721. The van der Waals surface area contributed by atoms with Gasteiger partial charge in [-0.3, -0.25) is 4.79 Å². The highest BCUT2D eigenvalue weighted by molar-refractivity contribution is 9.10. The maximum Gasteiger partial charge on any atom is 0.433 e. The van der Waals surface area contributed by atoms with Crippen LogP contribution in [0.2, 0.25) is 0 Å². The number of hydrogen-bond donors (Lipinski definition) is 1. The Kier molecular flexibility index (Phi) is 5.65. The van der Waals surface area contributed by atoms with Gasteiger partial charge >= 0.3 is 6.18 Å². The van der Waals surface area contributed by atoms with Crippen molar-refractivity contribution in [3.63, 3.8) is 0 Å². The van der Waals surface area contributed by atoms with Gasteiger partial charge in [0, 0.05) is 10.4 Å². The predicted octanol–water partition coefficient (Wildman–Crippen LogP) is 6.24. The van der Waals surface area contributed by atoms with Crippen molar-refractivity contribution in [2.75, 3.05) is 5.32 Å². The number of hydrogen-bond acceptors (Lipinski definition) is 5. The lowest BCUT2D eigenvalue weighted by Crippen LogP contribution is -2.16. The first kappa shape index (κ1) is 22.6. The standard InChI is InChI=1S/C23H15BrF3N5OS/c24-18-19(21(33)30-22-14(11-28)13-8-4-5-9-16(13)34-22)31-32-17(23(25,26)27)10-15(29-20(18)32)12-6-2-1-3-7-12/h1-3,6-7,10H,4-5,8-9H2,(H,30,33). The SMILES string of the molecule is N#Cc1c(NC(=O)c2nn3c(C(F)(F)F)cc(-c4ccccc4)nc3c2Br)sc2c1CCCC2.